The molecule has 5 nitrogen and oxygen atoms in total. The first kappa shape index (κ1) is 27.1. The van der Waals surface area contributed by atoms with Crippen LogP contribution in [0.4, 0.5) is 4.39 Å². The van der Waals surface area contributed by atoms with Gasteiger partial charge in [-0.05, 0) is 92.4 Å². The number of carbonyl (C=O) groups excluding carboxylic acids is 1. The summed E-state index contributed by atoms with van der Waals surface area (Å²) < 4.78 is 26.2. The number of amides is 1. The molecule has 3 fully saturated rings. The molecule has 206 valence electrons. The molecule has 3 atom stereocenters. The largest absolute Gasteiger partial charge is 0.484 e. The van der Waals surface area contributed by atoms with Crippen molar-refractivity contribution in [3.8, 4) is 5.75 Å². The molecular formula is C32H43FN2O3. The third-order valence-electron chi connectivity index (χ3n) is 8.87. The highest BCUT2D eigenvalue weighted by atomic mass is 19.1. The van der Waals surface area contributed by atoms with Crippen LogP contribution >= 0.6 is 0 Å². The molecule has 5 rings (SSSR count). The van der Waals surface area contributed by atoms with Crippen LogP contribution < -0.4 is 4.74 Å². The smallest absolute Gasteiger partial charge is 0.260 e. The van der Waals surface area contributed by atoms with Crippen LogP contribution in [0.25, 0.3) is 0 Å². The lowest BCUT2D eigenvalue weighted by atomic mass is 9.76. The van der Waals surface area contributed by atoms with Crippen molar-refractivity contribution in [2.45, 2.75) is 70.4 Å². The molecule has 3 aliphatic rings. The van der Waals surface area contributed by atoms with Crippen LogP contribution in [-0.4, -0.2) is 61.1 Å². The van der Waals surface area contributed by atoms with E-state index in [0.717, 1.165) is 43.5 Å². The van der Waals surface area contributed by atoms with E-state index in [-0.39, 0.29) is 30.4 Å². The molecule has 0 saturated carbocycles. The lowest BCUT2D eigenvalue weighted by Crippen LogP contribution is -2.49. The van der Waals surface area contributed by atoms with Gasteiger partial charge in [-0.15, -0.1) is 0 Å². The lowest BCUT2D eigenvalue weighted by Gasteiger charge is -2.40. The molecule has 0 aromatic heterocycles. The fourth-order valence-corrected chi connectivity index (χ4v) is 6.60. The zero-order chi connectivity index (χ0) is 26.5. The summed E-state index contributed by atoms with van der Waals surface area (Å²) in [7, 11) is 0. The molecule has 0 aliphatic carbocycles. The van der Waals surface area contributed by atoms with Crippen molar-refractivity contribution in [2.75, 3.05) is 39.4 Å². The van der Waals surface area contributed by atoms with Crippen LogP contribution in [-0.2, 0) is 9.53 Å². The molecule has 3 heterocycles. The predicted octanol–water partition coefficient (Wildman–Crippen LogP) is 6.20. The first-order valence-electron chi connectivity index (χ1n) is 14.6. The summed E-state index contributed by atoms with van der Waals surface area (Å²) in [6, 6.07) is 15.5. The highest BCUT2D eigenvalue weighted by Gasteiger charge is 2.35. The van der Waals surface area contributed by atoms with Crippen LogP contribution in [0, 0.1) is 17.7 Å². The van der Waals surface area contributed by atoms with Crippen LogP contribution in [0.15, 0.2) is 48.5 Å². The van der Waals surface area contributed by atoms with E-state index in [9.17, 15) is 9.18 Å². The van der Waals surface area contributed by atoms with Gasteiger partial charge in [-0.25, -0.2) is 4.39 Å². The Kier molecular flexibility index (Phi) is 9.01. The Hall–Kier alpha value is -2.44. The summed E-state index contributed by atoms with van der Waals surface area (Å²) in [5.41, 5.74) is 2.08. The van der Waals surface area contributed by atoms with Crippen molar-refractivity contribution in [3.63, 3.8) is 0 Å². The van der Waals surface area contributed by atoms with Gasteiger partial charge in [-0.1, -0.05) is 44.5 Å². The summed E-state index contributed by atoms with van der Waals surface area (Å²) in [6.45, 7) is 9.15. The zero-order valence-electron chi connectivity index (χ0n) is 23.0. The molecule has 3 aliphatic heterocycles. The average molecular weight is 523 g/mol. The second-order valence-electron chi connectivity index (χ2n) is 11.7. The maximum absolute atomic E-state index is 13.8. The first-order valence-corrected chi connectivity index (χ1v) is 14.6. The van der Waals surface area contributed by atoms with Gasteiger partial charge < -0.3 is 19.3 Å². The number of benzene rings is 2. The van der Waals surface area contributed by atoms with Gasteiger partial charge in [0.25, 0.3) is 5.91 Å². The Morgan fingerprint density at radius 2 is 1.74 bits per heavy atom. The minimum atomic E-state index is -0.198. The minimum Gasteiger partial charge on any atom is -0.484 e. The van der Waals surface area contributed by atoms with E-state index in [1.807, 2.05) is 29.2 Å². The third kappa shape index (κ3) is 6.58. The highest BCUT2D eigenvalue weighted by molar-refractivity contribution is 5.77. The van der Waals surface area contributed by atoms with Crippen LogP contribution in [0.2, 0.25) is 0 Å². The molecule has 2 aromatic carbocycles. The summed E-state index contributed by atoms with van der Waals surface area (Å²) in [5.74, 6) is 1.48. The monoisotopic (exact) mass is 522 g/mol. The van der Waals surface area contributed by atoms with Crippen LogP contribution in [0.1, 0.15) is 75.5 Å². The second kappa shape index (κ2) is 12.6. The quantitative estimate of drug-likeness (QED) is 0.434. The van der Waals surface area contributed by atoms with Gasteiger partial charge >= 0.3 is 0 Å². The zero-order valence-corrected chi connectivity index (χ0v) is 23.0. The second-order valence-corrected chi connectivity index (χ2v) is 11.7. The van der Waals surface area contributed by atoms with Crippen molar-refractivity contribution in [2.24, 2.45) is 11.8 Å². The first-order chi connectivity index (χ1) is 18.5. The van der Waals surface area contributed by atoms with E-state index < -0.39 is 0 Å². The number of hydrogen-bond donors (Lipinski definition) is 0. The summed E-state index contributed by atoms with van der Waals surface area (Å²) in [6.07, 6.45) is 7.00. The molecule has 0 unspecified atom stereocenters. The summed E-state index contributed by atoms with van der Waals surface area (Å²) >= 11 is 0. The standard InChI is InChI=1S/C32H43FN2O3/c1-23(2)30-20-26(24-8-6-10-27(33)18-24)21-38-32(30)25-9-7-11-29(19-25)37-22-31(36)35-16-12-28(13-17-35)34-14-4-3-5-15-34/h6-11,18-19,23,26,28,30,32H,3-5,12-17,20-22H2,1-2H3/t26-,30-,32-/m0/s1. The van der Waals surface area contributed by atoms with E-state index in [1.54, 1.807) is 12.1 Å². The molecule has 2 aromatic rings. The van der Waals surface area contributed by atoms with Gasteiger partial charge in [0.2, 0.25) is 0 Å². The molecule has 6 heteroatoms. The summed E-state index contributed by atoms with van der Waals surface area (Å²) in [5, 5.41) is 0. The van der Waals surface area contributed by atoms with E-state index in [2.05, 4.69) is 24.8 Å². The maximum atomic E-state index is 13.8. The number of nitrogens with zero attached hydrogens (tertiary/aromatic N) is 2. The van der Waals surface area contributed by atoms with Crippen molar-refractivity contribution in [1.29, 1.82) is 0 Å². The number of rotatable bonds is 7. The van der Waals surface area contributed by atoms with Gasteiger partial charge in [0.05, 0.1) is 12.7 Å². The minimum absolute atomic E-state index is 0.0483. The molecule has 0 N–H and O–H groups in total. The molecule has 38 heavy (non-hydrogen) atoms. The molecule has 0 bridgehead atoms. The van der Waals surface area contributed by atoms with E-state index in [0.29, 0.717) is 30.2 Å². The van der Waals surface area contributed by atoms with Crippen molar-refractivity contribution < 1.29 is 18.7 Å². The Bertz CT molecular complexity index is 1060. The van der Waals surface area contributed by atoms with Gasteiger partial charge in [0.15, 0.2) is 6.61 Å². The number of piperidine rings is 2. The van der Waals surface area contributed by atoms with Crippen LogP contribution in [0.5, 0.6) is 5.75 Å². The van der Waals surface area contributed by atoms with Crippen molar-refractivity contribution in [3.05, 3.63) is 65.5 Å². The normalized spacial score (nSPS) is 25.5. The number of halogens is 1. The SMILES string of the molecule is CC(C)[C@@H]1C[C@H](c2cccc(F)c2)CO[C@H]1c1cccc(OCC(=O)N2CCC(N3CCCCC3)CC2)c1. The molecule has 0 radical (unpaired) electrons. The number of carbonyl (C=O) groups is 1. The maximum Gasteiger partial charge on any atom is 0.260 e. The van der Waals surface area contributed by atoms with Gasteiger partial charge in [-0.3, -0.25) is 4.79 Å². The van der Waals surface area contributed by atoms with Gasteiger partial charge in [0.1, 0.15) is 11.6 Å². The van der Waals surface area contributed by atoms with E-state index in [1.165, 1.54) is 38.4 Å². The molecule has 0 spiro atoms. The number of ether oxygens (including phenoxy) is 2. The number of hydrogen-bond acceptors (Lipinski definition) is 4. The Labute approximate surface area is 227 Å². The fraction of sp³-hybridized carbons (Fsp3) is 0.594. The van der Waals surface area contributed by atoms with Gasteiger partial charge in [-0.2, -0.15) is 0 Å². The summed E-state index contributed by atoms with van der Waals surface area (Å²) in [4.78, 5) is 17.5. The molecule has 3 saturated heterocycles. The Balaban J connectivity index is 1.16. The van der Waals surface area contributed by atoms with E-state index >= 15 is 0 Å². The Morgan fingerprint density at radius 1 is 1.00 bits per heavy atom. The topological polar surface area (TPSA) is 42.0 Å². The lowest BCUT2D eigenvalue weighted by molar-refractivity contribution is -0.135. The van der Waals surface area contributed by atoms with Crippen molar-refractivity contribution >= 4 is 5.91 Å². The molecular weight excluding hydrogens is 479 g/mol. The highest BCUT2D eigenvalue weighted by Crippen LogP contribution is 2.44. The van der Waals surface area contributed by atoms with Crippen LogP contribution in [0.3, 0.4) is 0 Å². The number of likely N-dealkylation sites (tertiary alicyclic amines) is 2. The van der Waals surface area contributed by atoms with Crippen molar-refractivity contribution in [1.82, 2.24) is 9.80 Å². The third-order valence-corrected chi connectivity index (χ3v) is 8.87. The predicted molar refractivity (Wildman–Crippen MR) is 148 cm³/mol. The van der Waals surface area contributed by atoms with E-state index in [4.69, 9.17) is 9.47 Å². The Morgan fingerprint density at radius 3 is 2.47 bits per heavy atom. The average Bonchev–Trinajstić information content (AvgIpc) is 2.96. The van der Waals surface area contributed by atoms with Gasteiger partial charge in [0, 0.05) is 25.0 Å². The fourth-order valence-electron chi connectivity index (χ4n) is 6.60. The molecule has 1 amide bonds.